The number of anilines is 4. The number of alkyl halides is 2. The highest BCUT2D eigenvalue weighted by atomic mass is 32.2. The van der Waals surface area contributed by atoms with E-state index < -0.39 is 39.5 Å². The lowest BCUT2D eigenvalue weighted by Crippen LogP contribution is -2.52. The van der Waals surface area contributed by atoms with Gasteiger partial charge in [0, 0.05) is 65.8 Å². The number of imide groups is 1. The number of hydrogen-bond donors (Lipinski definition) is 7. The van der Waals surface area contributed by atoms with Gasteiger partial charge in [0.15, 0.2) is 12.4 Å². The SMILES string of the molecule is NC(=O)c1c(Nc2cccc(OCC(=O)NCCCC(=O)Nc3cccc4c3CN(C3CCC(=O)NC3=O)C4=O)c2)n[nH]c1-c1ccc(NS(=O)(=O)C(F)F)cc1. The molecule has 6 rings (SSSR count). The standard InChI is InChI=1S/C36H35F2N9O9S/c37-36(38)57(54,55)46-20-11-9-19(10-12-20)31-30(32(39)51)33(45-44-31)41-21-4-1-5-22(16-21)56-18-29(50)40-15-3-8-27(48)42-25-7-2-6-23-24(25)17-47(35(23)53)26-13-14-28(49)43-34(26)52/h1-2,4-7,9-12,16,26,36,46H,3,8,13-15,17-18H2,(H2,39,51)(H,40,50)(H,42,48)(H2,41,44,45)(H,43,49,52). The summed E-state index contributed by atoms with van der Waals surface area (Å²) in [5, 5.41) is 17.5. The summed E-state index contributed by atoms with van der Waals surface area (Å²) in [7, 11) is -4.87. The number of hydrogen-bond acceptors (Lipinski definition) is 11. The highest BCUT2D eigenvalue weighted by molar-refractivity contribution is 7.93. The smallest absolute Gasteiger partial charge is 0.355 e. The van der Waals surface area contributed by atoms with Crippen molar-refractivity contribution in [2.24, 2.45) is 5.73 Å². The normalized spacial score (nSPS) is 15.2. The Hall–Kier alpha value is -6.90. The van der Waals surface area contributed by atoms with Crippen LogP contribution in [0.1, 0.15) is 52.0 Å². The van der Waals surface area contributed by atoms with Crippen LogP contribution >= 0.6 is 0 Å². The quantitative estimate of drug-likeness (QED) is 0.0639. The summed E-state index contributed by atoms with van der Waals surface area (Å²) in [6, 6.07) is 15.7. The average molecular weight is 808 g/mol. The van der Waals surface area contributed by atoms with Gasteiger partial charge in [-0.2, -0.15) is 13.9 Å². The van der Waals surface area contributed by atoms with Gasteiger partial charge < -0.3 is 31.3 Å². The molecule has 0 aliphatic carbocycles. The maximum atomic E-state index is 13.0. The molecule has 1 saturated heterocycles. The summed E-state index contributed by atoms with van der Waals surface area (Å²) >= 11 is 0. The lowest BCUT2D eigenvalue weighted by atomic mass is 10.0. The minimum atomic E-state index is -4.87. The number of nitrogens with zero attached hydrogens (tertiary/aromatic N) is 2. The molecule has 6 amide bonds. The van der Waals surface area contributed by atoms with Crippen molar-refractivity contribution in [3.05, 3.63) is 83.4 Å². The number of carbonyl (C=O) groups excluding carboxylic acids is 6. The van der Waals surface area contributed by atoms with Crippen molar-refractivity contribution < 1.29 is 50.7 Å². The van der Waals surface area contributed by atoms with Crippen LogP contribution in [0.3, 0.4) is 0 Å². The molecule has 1 aromatic heterocycles. The van der Waals surface area contributed by atoms with Gasteiger partial charge in [0.25, 0.3) is 27.7 Å². The van der Waals surface area contributed by atoms with Gasteiger partial charge in [0.1, 0.15) is 17.4 Å². The van der Waals surface area contributed by atoms with Gasteiger partial charge in [0.2, 0.25) is 17.7 Å². The molecule has 0 bridgehead atoms. The molecule has 2 aliphatic rings. The fourth-order valence-electron chi connectivity index (χ4n) is 6.19. The van der Waals surface area contributed by atoms with Gasteiger partial charge in [-0.1, -0.05) is 24.3 Å². The van der Waals surface area contributed by atoms with Gasteiger partial charge >= 0.3 is 5.76 Å². The molecule has 21 heteroatoms. The van der Waals surface area contributed by atoms with Crippen molar-refractivity contribution in [3.8, 4) is 17.0 Å². The van der Waals surface area contributed by atoms with Crippen LogP contribution in [0.15, 0.2) is 66.7 Å². The zero-order valence-corrected chi connectivity index (χ0v) is 30.6. The topological polar surface area (TPSA) is 264 Å². The Bertz CT molecular complexity index is 2350. The largest absolute Gasteiger partial charge is 0.484 e. The van der Waals surface area contributed by atoms with Crippen LogP contribution in [0.4, 0.5) is 31.7 Å². The van der Waals surface area contributed by atoms with Crippen molar-refractivity contribution in [2.75, 3.05) is 28.5 Å². The van der Waals surface area contributed by atoms with Crippen molar-refractivity contribution in [2.45, 2.75) is 44.0 Å². The predicted molar refractivity (Wildman–Crippen MR) is 200 cm³/mol. The lowest BCUT2D eigenvalue weighted by molar-refractivity contribution is -0.137. The third-order valence-corrected chi connectivity index (χ3v) is 9.90. The van der Waals surface area contributed by atoms with E-state index in [1.54, 1.807) is 47.2 Å². The molecular weight excluding hydrogens is 773 g/mol. The summed E-state index contributed by atoms with van der Waals surface area (Å²) < 4.78 is 55.7. The third-order valence-electron chi connectivity index (χ3n) is 8.91. The van der Waals surface area contributed by atoms with Crippen molar-refractivity contribution in [3.63, 3.8) is 0 Å². The number of fused-ring (bicyclic) bond motifs is 1. The van der Waals surface area contributed by atoms with Crippen LogP contribution in [0, 0.1) is 0 Å². The first-order chi connectivity index (χ1) is 27.2. The molecule has 0 spiro atoms. The zero-order chi connectivity index (χ0) is 40.9. The average Bonchev–Trinajstić information content (AvgIpc) is 3.74. The Morgan fingerprint density at radius 3 is 2.47 bits per heavy atom. The minimum absolute atomic E-state index is 0.0400. The molecule has 3 heterocycles. The number of benzene rings is 3. The van der Waals surface area contributed by atoms with E-state index in [-0.39, 0.29) is 85.2 Å². The summed E-state index contributed by atoms with van der Waals surface area (Å²) in [6.07, 6.45) is 0.690. The number of piperidine rings is 1. The van der Waals surface area contributed by atoms with Crippen LogP contribution in [0.25, 0.3) is 11.3 Å². The molecule has 8 N–H and O–H groups in total. The number of primary amides is 1. The molecule has 1 atom stereocenters. The Balaban J connectivity index is 0.963. The Kier molecular flexibility index (Phi) is 11.8. The number of rotatable bonds is 16. The molecule has 1 fully saturated rings. The van der Waals surface area contributed by atoms with Crippen LogP contribution < -0.4 is 36.5 Å². The highest BCUT2D eigenvalue weighted by Crippen LogP contribution is 2.33. The number of amides is 6. The Labute approximate surface area is 322 Å². The highest BCUT2D eigenvalue weighted by Gasteiger charge is 2.40. The van der Waals surface area contributed by atoms with Crippen molar-refractivity contribution in [1.82, 2.24) is 25.7 Å². The number of aromatic amines is 1. The number of nitrogens with two attached hydrogens (primary N) is 1. The monoisotopic (exact) mass is 807 g/mol. The summed E-state index contributed by atoms with van der Waals surface area (Å²) in [5.41, 5.74) is 7.77. The first-order valence-electron chi connectivity index (χ1n) is 17.3. The number of aromatic nitrogens is 2. The summed E-state index contributed by atoms with van der Waals surface area (Å²) in [6.45, 7) is -0.0877. The third kappa shape index (κ3) is 9.32. The predicted octanol–water partition coefficient (Wildman–Crippen LogP) is 2.56. The second-order valence-corrected chi connectivity index (χ2v) is 14.5. The van der Waals surface area contributed by atoms with Crippen LogP contribution in [-0.2, 0) is 35.7 Å². The maximum absolute atomic E-state index is 13.0. The molecule has 1 unspecified atom stereocenters. The molecular formula is C36H35F2N9O9S. The van der Waals surface area contributed by atoms with Crippen LogP contribution in [-0.4, -0.2) is 83.9 Å². The lowest BCUT2D eigenvalue weighted by Gasteiger charge is -2.29. The van der Waals surface area contributed by atoms with Gasteiger partial charge in [-0.3, -0.25) is 43.9 Å². The van der Waals surface area contributed by atoms with E-state index in [1.165, 1.54) is 29.2 Å². The van der Waals surface area contributed by atoms with Crippen LogP contribution in [0.5, 0.6) is 5.75 Å². The van der Waals surface area contributed by atoms with Gasteiger partial charge in [0.05, 0.1) is 5.69 Å². The number of H-pyrrole nitrogens is 1. The second-order valence-electron chi connectivity index (χ2n) is 12.8. The van der Waals surface area contributed by atoms with E-state index in [0.29, 0.717) is 34.5 Å². The zero-order valence-electron chi connectivity index (χ0n) is 29.8. The Morgan fingerprint density at radius 1 is 1.00 bits per heavy atom. The fraction of sp³-hybridized carbons (Fsp3) is 0.250. The van der Waals surface area contributed by atoms with Crippen LogP contribution in [0.2, 0.25) is 0 Å². The number of nitrogens with one attached hydrogen (secondary N) is 6. The minimum Gasteiger partial charge on any atom is -0.484 e. The summed E-state index contributed by atoms with van der Waals surface area (Å²) in [5.74, 6) is -6.22. The van der Waals surface area contributed by atoms with E-state index in [0.717, 1.165) is 0 Å². The van der Waals surface area contributed by atoms with E-state index in [2.05, 4.69) is 31.5 Å². The first kappa shape index (κ1) is 39.8. The number of sulfonamides is 1. The molecule has 0 saturated carbocycles. The number of carbonyl (C=O) groups is 6. The van der Waals surface area contributed by atoms with Gasteiger partial charge in [-0.15, -0.1) is 0 Å². The van der Waals surface area contributed by atoms with E-state index >= 15 is 0 Å². The molecule has 298 valence electrons. The first-order valence-corrected chi connectivity index (χ1v) is 18.9. The van der Waals surface area contributed by atoms with E-state index in [9.17, 15) is 46.0 Å². The van der Waals surface area contributed by atoms with Gasteiger partial charge in [-0.05, 0) is 49.2 Å². The van der Waals surface area contributed by atoms with E-state index in [4.69, 9.17) is 10.5 Å². The molecule has 57 heavy (non-hydrogen) atoms. The molecule has 2 aliphatic heterocycles. The van der Waals surface area contributed by atoms with Crippen molar-refractivity contribution >= 4 is 68.3 Å². The fourth-order valence-corrected chi connectivity index (χ4v) is 6.74. The summed E-state index contributed by atoms with van der Waals surface area (Å²) in [4.78, 5) is 76.0. The van der Waals surface area contributed by atoms with E-state index in [1.807, 2.05) is 0 Å². The number of ether oxygens (including phenoxy) is 1. The molecule has 3 aromatic carbocycles. The van der Waals surface area contributed by atoms with Gasteiger partial charge in [-0.25, -0.2) is 8.42 Å². The molecule has 4 aromatic rings. The Morgan fingerprint density at radius 2 is 1.75 bits per heavy atom. The molecule has 18 nitrogen and oxygen atoms in total. The second kappa shape index (κ2) is 16.9. The number of halogens is 2. The maximum Gasteiger partial charge on any atom is 0.355 e. The molecule has 0 radical (unpaired) electrons. The van der Waals surface area contributed by atoms with Crippen molar-refractivity contribution in [1.29, 1.82) is 0 Å².